The largest absolute Gasteiger partial charge is 0.493 e. The van der Waals surface area contributed by atoms with Crippen LogP contribution in [0.5, 0.6) is 11.5 Å². The molecule has 1 aromatic heterocycles. The number of nitriles is 1. The Labute approximate surface area is 268 Å². The fraction of sp³-hybridized carbons (Fsp3) is 0.387. The minimum Gasteiger partial charge on any atom is -0.493 e. The Hall–Kier alpha value is -4.49. The summed E-state index contributed by atoms with van der Waals surface area (Å²) in [4.78, 5) is 19.3. The van der Waals surface area contributed by atoms with Crippen LogP contribution in [0.3, 0.4) is 0 Å². The summed E-state index contributed by atoms with van der Waals surface area (Å²) in [6, 6.07) is 11.8. The number of hydrogen-bond donors (Lipinski definition) is 1. The fourth-order valence-electron chi connectivity index (χ4n) is 5.06. The van der Waals surface area contributed by atoms with E-state index in [1.165, 1.54) is 62.7 Å². The van der Waals surface area contributed by atoms with Gasteiger partial charge in [-0.3, -0.25) is 4.79 Å². The van der Waals surface area contributed by atoms with E-state index in [1.54, 1.807) is 4.90 Å². The lowest BCUT2D eigenvalue weighted by molar-refractivity contribution is -0.137. The molecule has 0 saturated carbocycles. The van der Waals surface area contributed by atoms with Gasteiger partial charge < -0.3 is 24.4 Å². The average molecular weight is 683 g/mol. The van der Waals surface area contributed by atoms with E-state index in [0.717, 1.165) is 12.1 Å². The quantitative estimate of drug-likeness (QED) is 0.231. The number of carbonyl (C=O) groups is 1. The molecular formula is C31H31F5N4O6S. The maximum Gasteiger partial charge on any atom is 0.416 e. The summed E-state index contributed by atoms with van der Waals surface area (Å²) in [5, 5.41) is 12.1. The van der Waals surface area contributed by atoms with Crippen LogP contribution in [-0.2, 0) is 20.8 Å². The number of halogens is 5. The van der Waals surface area contributed by atoms with Gasteiger partial charge in [0.1, 0.15) is 11.9 Å². The number of rotatable bonds is 13. The first-order valence-corrected chi connectivity index (χ1v) is 16.0. The van der Waals surface area contributed by atoms with E-state index in [9.17, 15) is 40.4 Å². The molecule has 16 heteroatoms. The van der Waals surface area contributed by atoms with Crippen LogP contribution in [0.15, 0.2) is 65.7 Å². The Morgan fingerprint density at radius 1 is 1.15 bits per heavy atom. The third-order valence-corrected chi connectivity index (χ3v) is 9.23. The van der Waals surface area contributed by atoms with E-state index in [0.29, 0.717) is 5.56 Å². The summed E-state index contributed by atoms with van der Waals surface area (Å²) < 4.78 is 105. The summed E-state index contributed by atoms with van der Waals surface area (Å²) in [6.45, 7) is -1.87. The number of amides is 1. The molecule has 0 unspecified atom stereocenters. The maximum atomic E-state index is 13.2. The van der Waals surface area contributed by atoms with Crippen molar-refractivity contribution in [1.29, 1.82) is 5.26 Å². The van der Waals surface area contributed by atoms with Crippen LogP contribution < -0.4 is 19.7 Å². The van der Waals surface area contributed by atoms with Gasteiger partial charge in [-0.25, -0.2) is 13.4 Å². The Kier molecular flexibility index (Phi) is 11.2. The van der Waals surface area contributed by atoms with Crippen molar-refractivity contribution in [2.75, 3.05) is 30.9 Å². The zero-order chi connectivity index (χ0) is 34.4. The second-order valence-corrected chi connectivity index (χ2v) is 12.8. The predicted octanol–water partition coefficient (Wildman–Crippen LogP) is 5.55. The van der Waals surface area contributed by atoms with Crippen LogP contribution in [0.4, 0.5) is 27.8 Å². The lowest BCUT2D eigenvalue weighted by Gasteiger charge is -2.26. The Bertz CT molecular complexity index is 1680. The zero-order valence-corrected chi connectivity index (χ0v) is 26.0. The van der Waals surface area contributed by atoms with Crippen LogP contribution >= 0.6 is 0 Å². The molecule has 4 rings (SSSR count). The molecule has 252 valence electrons. The highest BCUT2D eigenvalue weighted by atomic mass is 32.2. The van der Waals surface area contributed by atoms with Gasteiger partial charge in [0.15, 0.2) is 21.4 Å². The van der Waals surface area contributed by atoms with Crippen LogP contribution in [0.25, 0.3) is 0 Å². The minimum atomic E-state index is -4.52. The van der Waals surface area contributed by atoms with Crippen molar-refractivity contribution >= 4 is 21.6 Å². The second kappa shape index (κ2) is 14.9. The zero-order valence-electron chi connectivity index (χ0n) is 25.2. The monoisotopic (exact) mass is 682 g/mol. The molecule has 10 nitrogen and oxygen atoms in total. The van der Waals surface area contributed by atoms with Crippen molar-refractivity contribution in [3.05, 3.63) is 77.5 Å². The molecule has 0 aliphatic carbocycles. The van der Waals surface area contributed by atoms with Crippen molar-refractivity contribution in [2.24, 2.45) is 0 Å². The number of aromatic nitrogens is 1. The normalized spacial score (nSPS) is 17.3. The topological polar surface area (TPSA) is 131 Å². The third kappa shape index (κ3) is 8.86. The highest BCUT2D eigenvalue weighted by Crippen LogP contribution is 2.35. The van der Waals surface area contributed by atoms with E-state index in [1.807, 2.05) is 6.07 Å². The van der Waals surface area contributed by atoms with E-state index < -0.39 is 58.9 Å². The Morgan fingerprint density at radius 2 is 1.83 bits per heavy atom. The number of nitrogens with zero attached hydrogens (tertiary/aromatic N) is 3. The average Bonchev–Trinajstić information content (AvgIpc) is 3.45. The van der Waals surface area contributed by atoms with Gasteiger partial charge in [0.2, 0.25) is 0 Å². The number of alkyl halides is 5. The summed E-state index contributed by atoms with van der Waals surface area (Å²) in [7, 11) is -2.12. The van der Waals surface area contributed by atoms with Gasteiger partial charge >= 0.3 is 12.8 Å². The van der Waals surface area contributed by atoms with Crippen molar-refractivity contribution in [3.63, 3.8) is 0 Å². The van der Waals surface area contributed by atoms with Gasteiger partial charge in [-0.15, -0.1) is 0 Å². The Morgan fingerprint density at radius 3 is 2.40 bits per heavy atom. The number of sulfone groups is 1. The van der Waals surface area contributed by atoms with Gasteiger partial charge in [0.05, 0.1) is 66.6 Å². The van der Waals surface area contributed by atoms with Gasteiger partial charge in [-0.05, 0) is 48.0 Å². The first-order valence-electron chi connectivity index (χ1n) is 14.3. The molecule has 1 saturated heterocycles. The number of carbonyl (C=O) groups excluding carboxylic acids is 1. The summed E-state index contributed by atoms with van der Waals surface area (Å²) >= 11 is 0. The number of anilines is 1. The molecule has 47 heavy (non-hydrogen) atoms. The van der Waals surface area contributed by atoms with Gasteiger partial charge in [0.25, 0.3) is 5.91 Å². The van der Waals surface area contributed by atoms with Gasteiger partial charge in [-0.1, -0.05) is 19.1 Å². The predicted molar refractivity (Wildman–Crippen MR) is 159 cm³/mol. The molecule has 0 radical (unpaired) electrons. The molecule has 1 fully saturated rings. The number of hydrogen-bond acceptors (Lipinski definition) is 9. The van der Waals surface area contributed by atoms with E-state index >= 15 is 0 Å². The van der Waals surface area contributed by atoms with Crippen LogP contribution in [0.1, 0.15) is 47.3 Å². The number of methoxy groups -OCH3 is 1. The highest BCUT2D eigenvalue weighted by molar-refractivity contribution is 7.91. The highest BCUT2D eigenvalue weighted by Gasteiger charge is 2.37. The summed E-state index contributed by atoms with van der Waals surface area (Å²) in [5.41, 5.74) is -0.293. The first kappa shape index (κ1) is 35.4. The number of pyridine rings is 1. The minimum absolute atomic E-state index is 0.0517. The molecule has 2 aromatic carbocycles. The number of nitrogens with one attached hydrogen (secondary N) is 1. The SMILES string of the molecule is CCS(=O)(=O)c1ccc([C@@H](CC#N)NC(=O)c2cnc(N3C[C@H](Oc4ccc(C(F)(F)F)cc4)C[C@H]3COC(F)F)c(OC)c2)cc1. The van der Waals surface area contributed by atoms with E-state index in [4.69, 9.17) is 9.47 Å². The smallest absolute Gasteiger partial charge is 0.416 e. The summed E-state index contributed by atoms with van der Waals surface area (Å²) in [6.07, 6.45) is -3.88. The van der Waals surface area contributed by atoms with Crippen molar-refractivity contribution in [3.8, 4) is 17.6 Å². The molecule has 0 bridgehead atoms. The number of ether oxygens (including phenoxy) is 3. The molecule has 3 aromatic rings. The molecule has 0 spiro atoms. The fourth-order valence-corrected chi connectivity index (χ4v) is 5.95. The van der Waals surface area contributed by atoms with Crippen molar-refractivity contribution in [1.82, 2.24) is 10.3 Å². The molecule has 3 atom stereocenters. The van der Waals surface area contributed by atoms with Crippen LogP contribution in [0.2, 0.25) is 0 Å². The lowest BCUT2D eigenvalue weighted by Crippen LogP contribution is -2.35. The standard InChI is InChI=1S/C31H31F5N4O6S/c1-3-47(42,43)25-10-4-19(5-11-25)26(12-13-37)39-29(41)20-14-27(44-2)28(38-16-20)40-17-24(15-22(40)18-45-30(32)33)46-23-8-6-21(7-9-23)31(34,35)36/h4-11,14,16,22,24,26,30H,3,12,15,17-18H2,1-2H3,(H,39,41)/t22-,24+,26+/m0/s1. The second-order valence-electron chi connectivity index (χ2n) is 10.5. The Balaban J connectivity index is 1.53. The molecule has 1 aliphatic rings. The molecule has 1 aliphatic heterocycles. The van der Waals surface area contributed by atoms with Crippen molar-refractivity contribution in [2.45, 2.75) is 55.6 Å². The molecular weight excluding hydrogens is 651 g/mol. The van der Waals surface area contributed by atoms with Crippen LogP contribution in [-0.4, -0.2) is 64.1 Å². The van der Waals surface area contributed by atoms with E-state index in [2.05, 4.69) is 15.0 Å². The van der Waals surface area contributed by atoms with Crippen molar-refractivity contribution < 1.29 is 49.4 Å². The van der Waals surface area contributed by atoms with E-state index in [-0.39, 0.29) is 52.9 Å². The van der Waals surface area contributed by atoms with Gasteiger partial charge in [0, 0.05) is 12.6 Å². The molecule has 2 heterocycles. The van der Waals surface area contributed by atoms with Crippen LogP contribution in [0, 0.1) is 11.3 Å². The lowest BCUT2D eigenvalue weighted by atomic mass is 10.0. The number of benzene rings is 2. The third-order valence-electron chi connectivity index (χ3n) is 7.48. The van der Waals surface area contributed by atoms with Gasteiger partial charge in [-0.2, -0.15) is 27.2 Å². The maximum absolute atomic E-state index is 13.2. The summed E-state index contributed by atoms with van der Waals surface area (Å²) in [5.74, 6) is -0.249. The first-order chi connectivity index (χ1) is 22.2. The molecule has 1 amide bonds. The molecule has 1 N–H and O–H groups in total.